The van der Waals surface area contributed by atoms with Gasteiger partial charge in [-0.2, -0.15) is 0 Å². The van der Waals surface area contributed by atoms with E-state index in [2.05, 4.69) is 27.7 Å². The fourth-order valence-corrected chi connectivity index (χ4v) is 1.19. The largest absolute Gasteiger partial charge is 0.377 e. The molecule has 0 saturated carbocycles. The molecule has 2 N–H and O–H groups in total. The minimum absolute atomic E-state index is 0.332. The van der Waals surface area contributed by atoms with Crippen LogP contribution in [0.5, 0.6) is 0 Å². The molecule has 0 saturated heterocycles. The number of hydrogen-bond donors (Lipinski definition) is 1. The molecule has 0 heterocycles. The summed E-state index contributed by atoms with van der Waals surface area (Å²) in [6.07, 6.45) is 1.42. The van der Waals surface area contributed by atoms with Crippen molar-refractivity contribution in [3.05, 3.63) is 0 Å². The third-order valence-electron chi connectivity index (χ3n) is 1.42. The van der Waals surface area contributed by atoms with Gasteiger partial charge in [0.25, 0.3) is 0 Å². The first-order chi connectivity index (χ1) is 4.95. The Labute approximate surface area is 70.1 Å². The number of nitrogens with two attached hydrogens (primary N) is 1. The molecular formula is C9H21NO. The van der Waals surface area contributed by atoms with Gasteiger partial charge in [0.15, 0.2) is 0 Å². The minimum Gasteiger partial charge on any atom is -0.377 e. The molecule has 2 nitrogen and oxygen atoms in total. The molecule has 0 aliphatic heterocycles. The van der Waals surface area contributed by atoms with Gasteiger partial charge >= 0.3 is 0 Å². The molecule has 68 valence electrons. The summed E-state index contributed by atoms with van der Waals surface area (Å²) in [5.41, 5.74) is 5.67. The minimum atomic E-state index is 0.332. The van der Waals surface area contributed by atoms with Crippen LogP contribution in [0, 0.1) is 5.41 Å². The fourth-order valence-electron chi connectivity index (χ4n) is 1.19. The molecule has 0 aliphatic carbocycles. The molecule has 0 spiro atoms. The van der Waals surface area contributed by atoms with Crippen LogP contribution in [0.3, 0.4) is 0 Å². The Morgan fingerprint density at radius 2 is 1.91 bits per heavy atom. The van der Waals surface area contributed by atoms with Crippen molar-refractivity contribution >= 4 is 0 Å². The molecule has 0 aromatic heterocycles. The Balaban J connectivity index is 3.44. The Morgan fingerprint density at radius 3 is 2.27 bits per heavy atom. The topological polar surface area (TPSA) is 35.2 Å². The Hall–Kier alpha value is -0.0800. The third-order valence-corrected chi connectivity index (χ3v) is 1.42. The van der Waals surface area contributed by atoms with Crippen LogP contribution >= 0.6 is 0 Å². The van der Waals surface area contributed by atoms with E-state index >= 15 is 0 Å². The van der Waals surface area contributed by atoms with Gasteiger partial charge in [-0.05, 0) is 18.8 Å². The number of ether oxygens (including phenoxy) is 1. The molecule has 1 atom stereocenters. The van der Waals surface area contributed by atoms with Gasteiger partial charge in [0.1, 0.15) is 0 Å². The van der Waals surface area contributed by atoms with Crippen LogP contribution in [0.2, 0.25) is 0 Å². The average molecular weight is 159 g/mol. The summed E-state index contributed by atoms with van der Waals surface area (Å²) >= 11 is 0. The summed E-state index contributed by atoms with van der Waals surface area (Å²) in [6, 6.07) is 0. The molecule has 0 fully saturated rings. The van der Waals surface area contributed by atoms with E-state index in [1.54, 1.807) is 0 Å². The van der Waals surface area contributed by atoms with Crippen LogP contribution in [0.1, 0.15) is 34.1 Å². The Morgan fingerprint density at radius 1 is 1.36 bits per heavy atom. The lowest BCUT2D eigenvalue weighted by Gasteiger charge is -2.23. The lowest BCUT2D eigenvalue weighted by Crippen LogP contribution is -2.21. The van der Waals surface area contributed by atoms with Crippen LogP contribution in [0.25, 0.3) is 0 Å². The molecule has 0 aliphatic rings. The van der Waals surface area contributed by atoms with Crippen LogP contribution in [-0.4, -0.2) is 19.3 Å². The van der Waals surface area contributed by atoms with Crippen molar-refractivity contribution in [1.82, 2.24) is 0 Å². The van der Waals surface area contributed by atoms with E-state index in [9.17, 15) is 0 Å². The highest BCUT2D eigenvalue weighted by Gasteiger charge is 2.14. The summed E-state index contributed by atoms with van der Waals surface area (Å²) in [7, 11) is 0. The van der Waals surface area contributed by atoms with E-state index in [4.69, 9.17) is 10.5 Å². The number of hydrogen-bond acceptors (Lipinski definition) is 2. The first kappa shape index (κ1) is 10.9. The summed E-state index contributed by atoms with van der Waals surface area (Å²) in [4.78, 5) is 0. The van der Waals surface area contributed by atoms with E-state index in [1.165, 1.54) is 0 Å². The maximum Gasteiger partial charge on any atom is 0.0592 e. The summed E-state index contributed by atoms with van der Waals surface area (Å²) < 4.78 is 5.44. The fraction of sp³-hybridized carbons (Fsp3) is 1.00. The van der Waals surface area contributed by atoms with Gasteiger partial charge in [0.05, 0.1) is 12.7 Å². The standard InChI is InChI=1S/C9H21NO/c1-8(11-6-5-10)7-9(2,3)4/h8H,5-7,10H2,1-4H3. The van der Waals surface area contributed by atoms with Crippen molar-refractivity contribution < 1.29 is 4.74 Å². The maximum absolute atomic E-state index is 5.44. The number of rotatable bonds is 4. The van der Waals surface area contributed by atoms with Gasteiger partial charge in [0.2, 0.25) is 0 Å². The molecule has 0 aromatic carbocycles. The van der Waals surface area contributed by atoms with Crippen LogP contribution in [0.4, 0.5) is 0 Å². The van der Waals surface area contributed by atoms with Gasteiger partial charge in [-0.15, -0.1) is 0 Å². The first-order valence-corrected chi connectivity index (χ1v) is 4.27. The zero-order valence-electron chi connectivity index (χ0n) is 8.18. The Bertz CT molecular complexity index is 96.2. The molecule has 2 heteroatoms. The predicted octanol–water partition coefficient (Wildman–Crippen LogP) is 1.79. The molecule has 0 rings (SSSR count). The van der Waals surface area contributed by atoms with Crippen LogP contribution in [0.15, 0.2) is 0 Å². The molecule has 0 bridgehead atoms. The Kier molecular flexibility index (Phi) is 4.69. The SMILES string of the molecule is CC(CC(C)(C)C)OCCN. The normalized spacial score (nSPS) is 15.0. The van der Waals surface area contributed by atoms with Gasteiger partial charge in [0, 0.05) is 6.54 Å². The predicted molar refractivity (Wildman–Crippen MR) is 48.5 cm³/mol. The zero-order valence-corrected chi connectivity index (χ0v) is 8.18. The zero-order chi connectivity index (χ0) is 8.91. The molecule has 1 unspecified atom stereocenters. The highest BCUT2D eigenvalue weighted by molar-refractivity contribution is 4.65. The van der Waals surface area contributed by atoms with Gasteiger partial charge in [-0.25, -0.2) is 0 Å². The van der Waals surface area contributed by atoms with Gasteiger partial charge in [-0.1, -0.05) is 20.8 Å². The monoisotopic (exact) mass is 159 g/mol. The molecule has 11 heavy (non-hydrogen) atoms. The second kappa shape index (κ2) is 4.73. The van der Waals surface area contributed by atoms with E-state index < -0.39 is 0 Å². The van der Waals surface area contributed by atoms with E-state index in [1.807, 2.05) is 0 Å². The van der Waals surface area contributed by atoms with Crippen molar-refractivity contribution in [2.45, 2.75) is 40.2 Å². The van der Waals surface area contributed by atoms with Crippen LogP contribution in [-0.2, 0) is 4.74 Å². The maximum atomic E-state index is 5.44. The van der Waals surface area contributed by atoms with E-state index in [-0.39, 0.29) is 0 Å². The lowest BCUT2D eigenvalue weighted by molar-refractivity contribution is 0.0431. The molecular weight excluding hydrogens is 138 g/mol. The molecule has 0 radical (unpaired) electrons. The van der Waals surface area contributed by atoms with E-state index in [0.717, 1.165) is 6.42 Å². The van der Waals surface area contributed by atoms with Crippen molar-refractivity contribution in [1.29, 1.82) is 0 Å². The highest BCUT2D eigenvalue weighted by Crippen LogP contribution is 2.21. The van der Waals surface area contributed by atoms with Crippen molar-refractivity contribution in [2.75, 3.05) is 13.2 Å². The molecule has 0 amide bonds. The average Bonchev–Trinajstić information content (AvgIpc) is 1.79. The van der Waals surface area contributed by atoms with Gasteiger partial charge < -0.3 is 10.5 Å². The van der Waals surface area contributed by atoms with Crippen molar-refractivity contribution in [3.8, 4) is 0 Å². The lowest BCUT2D eigenvalue weighted by atomic mass is 9.90. The second-order valence-electron chi connectivity index (χ2n) is 4.23. The summed E-state index contributed by atoms with van der Waals surface area (Å²) in [6.45, 7) is 10.0. The van der Waals surface area contributed by atoms with E-state index in [0.29, 0.717) is 24.7 Å². The quantitative estimate of drug-likeness (QED) is 0.678. The summed E-state index contributed by atoms with van der Waals surface area (Å²) in [5.74, 6) is 0. The smallest absolute Gasteiger partial charge is 0.0592 e. The van der Waals surface area contributed by atoms with Crippen molar-refractivity contribution in [2.24, 2.45) is 11.1 Å². The first-order valence-electron chi connectivity index (χ1n) is 4.27. The third kappa shape index (κ3) is 7.82. The van der Waals surface area contributed by atoms with Crippen molar-refractivity contribution in [3.63, 3.8) is 0 Å². The van der Waals surface area contributed by atoms with Gasteiger partial charge in [-0.3, -0.25) is 0 Å². The van der Waals surface area contributed by atoms with Crippen LogP contribution < -0.4 is 5.73 Å². The summed E-state index contributed by atoms with van der Waals surface area (Å²) in [5, 5.41) is 0. The molecule has 0 aromatic rings. The second-order valence-corrected chi connectivity index (χ2v) is 4.23. The highest BCUT2D eigenvalue weighted by atomic mass is 16.5.